The quantitative estimate of drug-likeness (QED) is 0.738. The van der Waals surface area contributed by atoms with Crippen molar-refractivity contribution in [1.29, 1.82) is 0 Å². The molecule has 1 heterocycles. The molecule has 3 rings (SSSR count). The van der Waals surface area contributed by atoms with Crippen LogP contribution >= 0.6 is 0 Å². The van der Waals surface area contributed by atoms with Crippen LogP contribution in [0.5, 0.6) is 0 Å². The highest BCUT2D eigenvalue weighted by atomic mass is 15.3. The van der Waals surface area contributed by atoms with Crippen LogP contribution in [-0.2, 0) is 0 Å². The first kappa shape index (κ1) is 15.8. The highest BCUT2D eigenvalue weighted by Gasteiger charge is 2.46. The van der Waals surface area contributed by atoms with E-state index < -0.39 is 0 Å². The topological polar surface area (TPSA) is 15.3 Å². The number of rotatable bonds is 6. The average Bonchev–Trinajstić information content (AvgIpc) is 3.34. The summed E-state index contributed by atoms with van der Waals surface area (Å²) in [6.07, 6.45) is 14.5. The summed E-state index contributed by atoms with van der Waals surface area (Å²) in [4.78, 5) is 2.90. The van der Waals surface area contributed by atoms with E-state index in [9.17, 15) is 0 Å². The standard InChI is InChI=1S/C19H36N2/c1-3-4-8-13-21-15-19(2,17-11-12-17)20-14-18(21)16-9-6-5-7-10-16/h16-18,20H,3-15H2,1-2H3. The minimum atomic E-state index is 0.414. The van der Waals surface area contributed by atoms with Gasteiger partial charge in [-0.05, 0) is 57.4 Å². The predicted molar refractivity (Wildman–Crippen MR) is 90.6 cm³/mol. The summed E-state index contributed by atoms with van der Waals surface area (Å²) >= 11 is 0. The van der Waals surface area contributed by atoms with Crippen molar-refractivity contribution in [3.8, 4) is 0 Å². The second kappa shape index (κ2) is 7.00. The van der Waals surface area contributed by atoms with Crippen LogP contribution in [0.2, 0.25) is 0 Å². The molecule has 2 aliphatic carbocycles. The lowest BCUT2D eigenvalue weighted by molar-refractivity contribution is 0.0329. The summed E-state index contributed by atoms with van der Waals surface area (Å²) in [5, 5.41) is 3.98. The molecular weight excluding hydrogens is 256 g/mol. The smallest absolute Gasteiger partial charge is 0.0309 e. The molecule has 122 valence electrons. The van der Waals surface area contributed by atoms with Crippen molar-refractivity contribution in [1.82, 2.24) is 10.2 Å². The van der Waals surface area contributed by atoms with Crippen molar-refractivity contribution in [2.24, 2.45) is 11.8 Å². The molecule has 2 heteroatoms. The monoisotopic (exact) mass is 292 g/mol. The summed E-state index contributed by atoms with van der Waals surface area (Å²) in [6.45, 7) is 8.73. The first-order valence-corrected chi connectivity index (χ1v) is 9.72. The molecule has 0 aromatic rings. The van der Waals surface area contributed by atoms with Gasteiger partial charge in [-0.3, -0.25) is 4.90 Å². The summed E-state index contributed by atoms with van der Waals surface area (Å²) < 4.78 is 0. The van der Waals surface area contributed by atoms with Crippen molar-refractivity contribution in [3.05, 3.63) is 0 Å². The normalized spacial score (nSPS) is 36.0. The first-order valence-electron chi connectivity index (χ1n) is 9.72. The van der Waals surface area contributed by atoms with E-state index in [0.717, 1.165) is 17.9 Å². The molecular formula is C19H36N2. The Hall–Kier alpha value is -0.0800. The van der Waals surface area contributed by atoms with Crippen molar-refractivity contribution in [2.75, 3.05) is 19.6 Å². The Morgan fingerprint density at radius 3 is 2.48 bits per heavy atom. The van der Waals surface area contributed by atoms with E-state index in [0.29, 0.717) is 5.54 Å². The summed E-state index contributed by atoms with van der Waals surface area (Å²) in [7, 11) is 0. The Morgan fingerprint density at radius 1 is 1.05 bits per heavy atom. The first-order chi connectivity index (χ1) is 10.2. The van der Waals surface area contributed by atoms with Crippen LogP contribution in [-0.4, -0.2) is 36.1 Å². The van der Waals surface area contributed by atoms with E-state index in [1.807, 2.05) is 0 Å². The van der Waals surface area contributed by atoms with Crippen LogP contribution in [0.1, 0.15) is 78.1 Å². The maximum Gasteiger partial charge on any atom is 0.0309 e. The number of hydrogen-bond donors (Lipinski definition) is 1. The molecule has 0 amide bonds. The Balaban J connectivity index is 1.62. The predicted octanol–water partition coefficient (Wildman–Crippen LogP) is 4.20. The fourth-order valence-corrected chi connectivity index (χ4v) is 4.85. The van der Waals surface area contributed by atoms with Gasteiger partial charge in [0.05, 0.1) is 0 Å². The Morgan fingerprint density at radius 2 is 1.81 bits per heavy atom. The molecule has 3 fully saturated rings. The molecule has 0 aromatic carbocycles. The van der Waals surface area contributed by atoms with E-state index in [1.54, 1.807) is 0 Å². The van der Waals surface area contributed by atoms with E-state index >= 15 is 0 Å². The van der Waals surface area contributed by atoms with Gasteiger partial charge in [0.1, 0.15) is 0 Å². The van der Waals surface area contributed by atoms with E-state index in [-0.39, 0.29) is 0 Å². The molecule has 0 bridgehead atoms. The lowest BCUT2D eigenvalue weighted by Gasteiger charge is -2.50. The third kappa shape index (κ3) is 3.82. The summed E-state index contributed by atoms with van der Waals surface area (Å²) in [5.74, 6) is 1.93. The van der Waals surface area contributed by atoms with Gasteiger partial charge in [-0.2, -0.15) is 0 Å². The van der Waals surface area contributed by atoms with Gasteiger partial charge in [-0.15, -0.1) is 0 Å². The third-order valence-electron chi connectivity index (χ3n) is 6.44. The molecule has 3 aliphatic rings. The number of unbranched alkanes of at least 4 members (excludes halogenated alkanes) is 2. The summed E-state index contributed by atoms with van der Waals surface area (Å²) in [6, 6.07) is 0.828. The highest BCUT2D eigenvalue weighted by Crippen LogP contribution is 2.42. The lowest BCUT2D eigenvalue weighted by atomic mass is 9.80. The second-order valence-electron chi connectivity index (χ2n) is 8.22. The largest absolute Gasteiger partial charge is 0.308 e. The average molecular weight is 293 g/mol. The molecule has 0 spiro atoms. The van der Waals surface area contributed by atoms with Gasteiger partial charge < -0.3 is 5.32 Å². The molecule has 0 radical (unpaired) electrons. The van der Waals surface area contributed by atoms with Crippen LogP contribution < -0.4 is 5.32 Å². The van der Waals surface area contributed by atoms with Crippen LogP contribution in [0.4, 0.5) is 0 Å². The third-order valence-corrected chi connectivity index (χ3v) is 6.44. The molecule has 1 saturated heterocycles. The van der Waals surface area contributed by atoms with Crippen molar-refractivity contribution in [2.45, 2.75) is 89.6 Å². The van der Waals surface area contributed by atoms with Crippen molar-refractivity contribution >= 4 is 0 Å². The maximum atomic E-state index is 3.98. The van der Waals surface area contributed by atoms with Gasteiger partial charge >= 0.3 is 0 Å². The lowest BCUT2D eigenvalue weighted by Crippen LogP contribution is -2.65. The molecule has 0 aromatic heterocycles. The highest BCUT2D eigenvalue weighted by molar-refractivity contribution is 5.05. The zero-order chi connectivity index (χ0) is 14.7. The zero-order valence-corrected chi connectivity index (χ0v) is 14.4. The molecule has 2 nitrogen and oxygen atoms in total. The van der Waals surface area contributed by atoms with Gasteiger partial charge in [-0.25, -0.2) is 0 Å². The second-order valence-corrected chi connectivity index (χ2v) is 8.22. The van der Waals surface area contributed by atoms with E-state index in [1.165, 1.54) is 83.8 Å². The van der Waals surface area contributed by atoms with Crippen LogP contribution in [0, 0.1) is 11.8 Å². The Labute approximate surface area is 132 Å². The Kier molecular flexibility index (Phi) is 5.27. The maximum absolute atomic E-state index is 3.98. The van der Waals surface area contributed by atoms with Crippen LogP contribution in [0.3, 0.4) is 0 Å². The molecule has 1 aliphatic heterocycles. The van der Waals surface area contributed by atoms with Crippen LogP contribution in [0.15, 0.2) is 0 Å². The molecule has 2 atom stereocenters. The number of hydrogen-bond acceptors (Lipinski definition) is 2. The van der Waals surface area contributed by atoms with E-state index in [4.69, 9.17) is 0 Å². The zero-order valence-electron chi connectivity index (χ0n) is 14.4. The van der Waals surface area contributed by atoms with Crippen molar-refractivity contribution in [3.63, 3.8) is 0 Å². The summed E-state index contributed by atoms with van der Waals surface area (Å²) in [5.41, 5.74) is 0.414. The fourth-order valence-electron chi connectivity index (χ4n) is 4.85. The minimum Gasteiger partial charge on any atom is -0.308 e. The number of nitrogens with one attached hydrogen (secondary N) is 1. The SMILES string of the molecule is CCCCCN1CC(C)(C2CC2)NCC1C1CCCCC1. The van der Waals surface area contributed by atoms with Gasteiger partial charge in [0.25, 0.3) is 0 Å². The van der Waals surface area contributed by atoms with Crippen LogP contribution in [0.25, 0.3) is 0 Å². The van der Waals surface area contributed by atoms with Gasteiger partial charge in [0.15, 0.2) is 0 Å². The van der Waals surface area contributed by atoms with Gasteiger partial charge in [0.2, 0.25) is 0 Å². The molecule has 1 N–H and O–H groups in total. The molecule has 2 saturated carbocycles. The number of nitrogens with zero attached hydrogens (tertiary/aromatic N) is 1. The van der Waals surface area contributed by atoms with E-state index in [2.05, 4.69) is 24.1 Å². The molecule has 2 unspecified atom stereocenters. The van der Waals surface area contributed by atoms with Gasteiger partial charge in [0, 0.05) is 24.7 Å². The van der Waals surface area contributed by atoms with Crippen molar-refractivity contribution < 1.29 is 0 Å². The molecule has 21 heavy (non-hydrogen) atoms. The van der Waals surface area contributed by atoms with Gasteiger partial charge in [-0.1, -0.05) is 39.0 Å². The Bertz CT molecular complexity index is 320. The minimum absolute atomic E-state index is 0.414. The fraction of sp³-hybridized carbons (Fsp3) is 1.00. The number of piperazine rings is 1.